The second-order valence-corrected chi connectivity index (χ2v) is 4.93. The smallest absolute Gasteiger partial charge is 0.158 e. The number of carbonyl (C=O) groups is 1. The topological polar surface area (TPSA) is 37.3 Å². The van der Waals surface area contributed by atoms with E-state index in [2.05, 4.69) is 0 Å². The molecule has 1 unspecified atom stereocenters. The van der Waals surface area contributed by atoms with Crippen molar-refractivity contribution in [3.8, 4) is 0 Å². The summed E-state index contributed by atoms with van der Waals surface area (Å²) < 4.78 is 0. The standard InChI is InChI=1S/C13H13ClO2/c1-13(16)7-10(6-12(15)8-13)9-2-4-11(14)5-3-9/h2-6,16H,7-8H2,1H3. The van der Waals surface area contributed by atoms with E-state index < -0.39 is 5.60 Å². The van der Waals surface area contributed by atoms with Gasteiger partial charge in [0.25, 0.3) is 0 Å². The van der Waals surface area contributed by atoms with Gasteiger partial charge < -0.3 is 5.11 Å². The molecule has 1 atom stereocenters. The van der Waals surface area contributed by atoms with E-state index in [4.69, 9.17) is 11.6 Å². The lowest BCUT2D eigenvalue weighted by molar-refractivity contribution is -0.119. The van der Waals surface area contributed by atoms with Crippen molar-refractivity contribution < 1.29 is 9.90 Å². The first-order valence-corrected chi connectivity index (χ1v) is 5.56. The van der Waals surface area contributed by atoms with Crippen LogP contribution in [0.5, 0.6) is 0 Å². The third-order valence-electron chi connectivity index (χ3n) is 2.68. The summed E-state index contributed by atoms with van der Waals surface area (Å²) in [5, 5.41) is 10.6. The molecule has 0 spiro atoms. The Bertz CT molecular complexity index is 444. The summed E-state index contributed by atoms with van der Waals surface area (Å²) in [6.45, 7) is 1.69. The van der Waals surface area contributed by atoms with Crippen LogP contribution in [0.4, 0.5) is 0 Å². The van der Waals surface area contributed by atoms with Gasteiger partial charge in [0.05, 0.1) is 5.60 Å². The number of rotatable bonds is 1. The van der Waals surface area contributed by atoms with Crippen LogP contribution in [-0.4, -0.2) is 16.5 Å². The lowest BCUT2D eigenvalue weighted by atomic mass is 9.83. The van der Waals surface area contributed by atoms with Crippen LogP contribution in [0.15, 0.2) is 30.3 Å². The van der Waals surface area contributed by atoms with E-state index in [1.807, 2.05) is 12.1 Å². The van der Waals surface area contributed by atoms with Crippen LogP contribution < -0.4 is 0 Å². The van der Waals surface area contributed by atoms with Crippen molar-refractivity contribution in [1.29, 1.82) is 0 Å². The first-order valence-electron chi connectivity index (χ1n) is 5.18. The van der Waals surface area contributed by atoms with Crippen LogP contribution in [0.3, 0.4) is 0 Å². The molecular weight excluding hydrogens is 224 g/mol. The summed E-state index contributed by atoms with van der Waals surface area (Å²) in [6.07, 6.45) is 2.31. The molecule has 2 nitrogen and oxygen atoms in total. The molecule has 0 heterocycles. The Hall–Kier alpha value is -1.12. The second-order valence-electron chi connectivity index (χ2n) is 4.49. The van der Waals surface area contributed by atoms with Crippen LogP contribution in [-0.2, 0) is 4.79 Å². The Labute approximate surface area is 99.5 Å². The van der Waals surface area contributed by atoms with E-state index in [0.29, 0.717) is 11.4 Å². The first-order chi connectivity index (χ1) is 7.46. The number of benzene rings is 1. The van der Waals surface area contributed by atoms with Crippen molar-refractivity contribution in [2.75, 3.05) is 0 Å². The summed E-state index contributed by atoms with van der Waals surface area (Å²) in [7, 11) is 0. The highest BCUT2D eigenvalue weighted by atomic mass is 35.5. The van der Waals surface area contributed by atoms with Crippen LogP contribution in [0.2, 0.25) is 5.02 Å². The Morgan fingerprint density at radius 1 is 1.25 bits per heavy atom. The Morgan fingerprint density at radius 3 is 2.44 bits per heavy atom. The van der Waals surface area contributed by atoms with Gasteiger partial charge in [-0.15, -0.1) is 0 Å². The van der Waals surface area contributed by atoms with Crippen molar-refractivity contribution in [1.82, 2.24) is 0 Å². The van der Waals surface area contributed by atoms with Gasteiger partial charge in [0.15, 0.2) is 5.78 Å². The van der Waals surface area contributed by atoms with Gasteiger partial charge in [-0.05, 0) is 36.3 Å². The molecule has 16 heavy (non-hydrogen) atoms. The van der Waals surface area contributed by atoms with Crippen molar-refractivity contribution in [2.24, 2.45) is 0 Å². The molecule has 1 aromatic rings. The van der Waals surface area contributed by atoms with E-state index in [1.165, 1.54) is 0 Å². The third-order valence-corrected chi connectivity index (χ3v) is 2.93. The SMILES string of the molecule is CC1(O)CC(=O)C=C(c2ccc(Cl)cc2)C1. The molecule has 1 N–H and O–H groups in total. The van der Waals surface area contributed by atoms with Gasteiger partial charge in [0, 0.05) is 17.9 Å². The number of halogens is 1. The normalized spacial score (nSPS) is 25.4. The maximum absolute atomic E-state index is 11.5. The maximum Gasteiger partial charge on any atom is 0.158 e. The molecule has 0 bridgehead atoms. The molecule has 0 aromatic heterocycles. The molecule has 0 saturated carbocycles. The molecule has 2 rings (SSSR count). The number of hydrogen-bond donors (Lipinski definition) is 1. The molecule has 0 radical (unpaired) electrons. The van der Waals surface area contributed by atoms with Gasteiger partial charge in [0.2, 0.25) is 0 Å². The van der Waals surface area contributed by atoms with E-state index in [0.717, 1.165) is 11.1 Å². The number of aliphatic hydroxyl groups is 1. The molecular formula is C13H13ClO2. The summed E-state index contributed by atoms with van der Waals surface area (Å²) in [5.41, 5.74) is 0.886. The molecule has 84 valence electrons. The summed E-state index contributed by atoms with van der Waals surface area (Å²) in [5.74, 6) is -0.0267. The Balaban J connectivity index is 2.34. The predicted octanol–water partition coefficient (Wildman–Crippen LogP) is 2.84. The molecule has 1 aliphatic rings. The predicted molar refractivity (Wildman–Crippen MR) is 64.3 cm³/mol. The molecule has 0 fully saturated rings. The van der Waals surface area contributed by atoms with Gasteiger partial charge in [0.1, 0.15) is 0 Å². The van der Waals surface area contributed by atoms with Crippen molar-refractivity contribution >= 4 is 23.0 Å². The number of carbonyl (C=O) groups excluding carboxylic acids is 1. The van der Waals surface area contributed by atoms with Crippen LogP contribution in [0, 0.1) is 0 Å². The zero-order valence-corrected chi connectivity index (χ0v) is 9.79. The monoisotopic (exact) mass is 236 g/mol. The number of hydrogen-bond acceptors (Lipinski definition) is 2. The average molecular weight is 237 g/mol. The molecule has 1 aliphatic carbocycles. The minimum absolute atomic E-state index is 0.0267. The number of ketones is 1. The molecule has 0 aliphatic heterocycles. The summed E-state index contributed by atoms with van der Waals surface area (Å²) >= 11 is 5.80. The van der Waals surface area contributed by atoms with Gasteiger partial charge >= 0.3 is 0 Å². The largest absolute Gasteiger partial charge is 0.389 e. The minimum atomic E-state index is -0.930. The highest BCUT2D eigenvalue weighted by molar-refractivity contribution is 6.30. The first kappa shape index (κ1) is 11.4. The van der Waals surface area contributed by atoms with Gasteiger partial charge in [-0.3, -0.25) is 4.79 Å². The zero-order chi connectivity index (χ0) is 11.8. The minimum Gasteiger partial charge on any atom is -0.389 e. The van der Waals surface area contributed by atoms with Crippen molar-refractivity contribution in [3.05, 3.63) is 40.9 Å². The van der Waals surface area contributed by atoms with Gasteiger partial charge in [-0.25, -0.2) is 0 Å². The Morgan fingerprint density at radius 2 is 1.88 bits per heavy atom. The quantitative estimate of drug-likeness (QED) is 0.814. The summed E-state index contributed by atoms with van der Waals surface area (Å²) in [4.78, 5) is 11.5. The fraction of sp³-hybridized carbons (Fsp3) is 0.308. The van der Waals surface area contributed by atoms with E-state index in [1.54, 1.807) is 25.1 Å². The van der Waals surface area contributed by atoms with E-state index in [9.17, 15) is 9.90 Å². The van der Waals surface area contributed by atoms with Crippen LogP contribution in [0.1, 0.15) is 25.3 Å². The van der Waals surface area contributed by atoms with E-state index >= 15 is 0 Å². The molecule has 0 amide bonds. The molecule has 1 aromatic carbocycles. The van der Waals surface area contributed by atoms with Crippen molar-refractivity contribution in [3.63, 3.8) is 0 Å². The van der Waals surface area contributed by atoms with Gasteiger partial charge in [-0.1, -0.05) is 23.7 Å². The van der Waals surface area contributed by atoms with Gasteiger partial charge in [-0.2, -0.15) is 0 Å². The fourth-order valence-electron chi connectivity index (χ4n) is 1.99. The lowest BCUT2D eigenvalue weighted by Crippen LogP contribution is -2.30. The van der Waals surface area contributed by atoms with Crippen LogP contribution in [0.25, 0.3) is 5.57 Å². The second kappa shape index (κ2) is 4.04. The van der Waals surface area contributed by atoms with Crippen LogP contribution >= 0.6 is 11.6 Å². The molecule has 0 saturated heterocycles. The Kier molecular flexibility index (Phi) is 2.87. The number of allylic oxidation sites excluding steroid dienone is 1. The summed E-state index contributed by atoms with van der Waals surface area (Å²) in [6, 6.07) is 7.29. The zero-order valence-electron chi connectivity index (χ0n) is 9.03. The molecule has 3 heteroatoms. The van der Waals surface area contributed by atoms with Crippen molar-refractivity contribution in [2.45, 2.75) is 25.4 Å². The highest BCUT2D eigenvalue weighted by Crippen LogP contribution is 2.32. The lowest BCUT2D eigenvalue weighted by Gasteiger charge is -2.27. The maximum atomic E-state index is 11.5. The third kappa shape index (κ3) is 2.52. The average Bonchev–Trinajstić information content (AvgIpc) is 2.15. The highest BCUT2D eigenvalue weighted by Gasteiger charge is 2.29. The fourth-order valence-corrected chi connectivity index (χ4v) is 2.12. The van der Waals surface area contributed by atoms with E-state index in [-0.39, 0.29) is 12.2 Å².